The molecule has 0 aliphatic rings. The molecule has 2 N–H and O–H groups in total. The number of phenolic OH excluding ortho intramolecular Hbond substituents is 1. The van der Waals surface area contributed by atoms with Gasteiger partial charge in [0.2, 0.25) is 0 Å². The Morgan fingerprint density at radius 3 is 2.73 bits per heavy atom. The van der Waals surface area contributed by atoms with Crippen LogP contribution in [0, 0.1) is 0 Å². The molecule has 3 rings (SSSR count). The first kappa shape index (κ1) is 14.3. The van der Waals surface area contributed by atoms with Gasteiger partial charge in [0.1, 0.15) is 5.75 Å². The number of nitrogens with one attached hydrogen (secondary N) is 1. The lowest BCUT2D eigenvalue weighted by molar-refractivity contribution is 0.0959. The van der Waals surface area contributed by atoms with E-state index < -0.39 is 0 Å². The van der Waals surface area contributed by atoms with Crippen LogP contribution in [0.15, 0.2) is 59.0 Å². The molecule has 5 heteroatoms. The van der Waals surface area contributed by atoms with E-state index >= 15 is 0 Å². The molecule has 22 heavy (non-hydrogen) atoms. The molecule has 0 aliphatic heterocycles. The lowest BCUT2D eigenvalue weighted by Crippen LogP contribution is -2.18. The number of phenols is 1. The molecule has 1 heterocycles. The van der Waals surface area contributed by atoms with Crippen LogP contribution < -0.4 is 5.43 Å². The van der Waals surface area contributed by atoms with Crippen LogP contribution in [-0.4, -0.2) is 16.7 Å². The van der Waals surface area contributed by atoms with Gasteiger partial charge in [-0.1, -0.05) is 36.4 Å². The average molecular weight is 310 g/mol. The second kappa shape index (κ2) is 5.99. The van der Waals surface area contributed by atoms with Crippen molar-refractivity contribution in [1.82, 2.24) is 5.43 Å². The number of nitrogens with zero attached hydrogens (tertiary/aromatic N) is 1. The Balaban J connectivity index is 1.95. The molecule has 1 aromatic heterocycles. The van der Waals surface area contributed by atoms with E-state index in [1.54, 1.807) is 19.1 Å². The summed E-state index contributed by atoms with van der Waals surface area (Å²) >= 11 is 1.35. The van der Waals surface area contributed by atoms with Crippen LogP contribution in [0.4, 0.5) is 0 Å². The topological polar surface area (TPSA) is 61.7 Å². The van der Waals surface area contributed by atoms with Crippen molar-refractivity contribution in [2.45, 2.75) is 6.92 Å². The first-order valence-corrected chi connectivity index (χ1v) is 7.64. The number of rotatable bonds is 3. The minimum atomic E-state index is -0.255. The molecule has 0 saturated carbocycles. The van der Waals surface area contributed by atoms with Crippen molar-refractivity contribution in [2.75, 3.05) is 0 Å². The number of hydrogen-bond acceptors (Lipinski definition) is 4. The monoisotopic (exact) mass is 310 g/mol. The van der Waals surface area contributed by atoms with E-state index in [2.05, 4.69) is 10.5 Å². The van der Waals surface area contributed by atoms with Gasteiger partial charge in [-0.05, 0) is 35.2 Å². The predicted molar refractivity (Wildman–Crippen MR) is 89.6 cm³/mol. The number of benzene rings is 2. The van der Waals surface area contributed by atoms with Crippen molar-refractivity contribution in [2.24, 2.45) is 5.10 Å². The zero-order valence-corrected chi connectivity index (χ0v) is 12.7. The molecule has 0 saturated heterocycles. The second-order valence-corrected chi connectivity index (χ2v) is 5.74. The summed E-state index contributed by atoms with van der Waals surface area (Å²) in [5, 5.41) is 18.0. The molecular formula is C17H14N2O2S. The van der Waals surface area contributed by atoms with Crippen molar-refractivity contribution in [3.05, 3.63) is 64.4 Å². The number of thiophene rings is 1. The maximum Gasteiger partial charge on any atom is 0.281 e. The van der Waals surface area contributed by atoms with E-state index in [-0.39, 0.29) is 11.7 Å². The standard InChI is InChI=1S/C17H14N2O2S/c1-11(18-19-17(21)15-7-4-10-22-15)16-13-6-3-2-5-12(13)8-9-14(16)20/h2-10,20H,1H3,(H,19,21)/b18-11+. The SMILES string of the molecule is C/C(=N\NC(=O)c1cccs1)c1c(O)ccc2ccccc12. The van der Waals surface area contributed by atoms with E-state index in [0.717, 1.165) is 10.8 Å². The first-order chi connectivity index (χ1) is 10.7. The summed E-state index contributed by atoms with van der Waals surface area (Å²) in [7, 11) is 0. The Hall–Kier alpha value is -2.66. The smallest absolute Gasteiger partial charge is 0.281 e. The predicted octanol–water partition coefficient (Wildman–Crippen LogP) is 3.76. The maximum atomic E-state index is 11.9. The van der Waals surface area contributed by atoms with Crippen LogP contribution >= 0.6 is 11.3 Å². The van der Waals surface area contributed by atoms with Crippen LogP contribution in [0.1, 0.15) is 22.2 Å². The fourth-order valence-corrected chi connectivity index (χ4v) is 2.91. The normalized spacial score (nSPS) is 11.6. The molecule has 110 valence electrons. The van der Waals surface area contributed by atoms with Crippen LogP contribution in [-0.2, 0) is 0 Å². The Kier molecular flexibility index (Phi) is 3.89. The van der Waals surface area contributed by atoms with Gasteiger partial charge in [-0.15, -0.1) is 11.3 Å². The molecule has 0 unspecified atom stereocenters. The Labute approximate surface area is 131 Å². The molecule has 0 atom stereocenters. The maximum absolute atomic E-state index is 11.9. The Morgan fingerprint density at radius 1 is 1.14 bits per heavy atom. The highest BCUT2D eigenvalue weighted by molar-refractivity contribution is 7.12. The van der Waals surface area contributed by atoms with Gasteiger partial charge in [-0.2, -0.15) is 5.10 Å². The summed E-state index contributed by atoms with van der Waals surface area (Å²) in [5.41, 5.74) is 3.71. The first-order valence-electron chi connectivity index (χ1n) is 6.76. The van der Waals surface area contributed by atoms with Gasteiger partial charge in [0, 0.05) is 5.56 Å². The number of hydrazone groups is 1. The lowest BCUT2D eigenvalue weighted by atomic mass is 10.0. The van der Waals surface area contributed by atoms with Crippen LogP contribution in [0.25, 0.3) is 10.8 Å². The van der Waals surface area contributed by atoms with Gasteiger partial charge in [-0.3, -0.25) is 4.79 Å². The van der Waals surface area contributed by atoms with E-state index in [9.17, 15) is 9.90 Å². The van der Waals surface area contributed by atoms with Crippen LogP contribution in [0.3, 0.4) is 0 Å². The van der Waals surface area contributed by atoms with Crippen molar-refractivity contribution in [1.29, 1.82) is 0 Å². The van der Waals surface area contributed by atoms with E-state index in [1.807, 2.05) is 41.8 Å². The summed E-state index contributed by atoms with van der Waals surface area (Å²) in [6, 6.07) is 14.8. The number of carbonyl (C=O) groups excluding carboxylic acids is 1. The molecule has 0 bridgehead atoms. The largest absolute Gasteiger partial charge is 0.507 e. The van der Waals surface area contributed by atoms with Gasteiger partial charge in [0.05, 0.1) is 10.6 Å². The third-order valence-electron chi connectivity index (χ3n) is 3.34. The van der Waals surface area contributed by atoms with Crippen LogP contribution in [0.2, 0.25) is 0 Å². The number of aromatic hydroxyl groups is 1. The molecule has 0 spiro atoms. The molecule has 1 amide bonds. The highest BCUT2D eigenvalue weighted by atomic mass is 32.1. The van der Waals surface area contributed by atoms with Gasteiger partial charge >= 0.3 is 0 Å². The fourth-order valence-electron chi connectivity index (χ4n) is 2.29. The van der Waals surface area contributed by atoms with Crippen molar-refractivity contribution in [3.8, 4) is 5.75 Å². The molecule has 0 aliphatic carbocycles. The van der Waals surface area contributed by atoms with Gasteiger partial charge < -0.3 is 5.11 Å². The minimum Gasteiger partial charge on any atom is -0.507 e. The highest BCUT2D eigenvalue weighted by Crippen LogP contribution is 2.27. The quantitative estimate of drug-likeness (QED) is 0.571. The molecular weight excluding hydrogens is 296 g/mol. The third kappa shape index (κ3) is 2.71. The molecule has 4 nitrogen and oxygen atoms in total. The third-order valence-corrected chi connectivity index (χ3v) is 4.21. The van der Waals surface area contributed by atoms with Gasteiger partial charge in [0.15, 0.2) is 0 Å². The van der Waals surface area contributed by atoms with E-state index in [4.69, 9.17) is 0 Å². The average Bonchev–Trinajstić information content (AvgIpc) is 3.06. The molecule has 0 fully saturated rings. The molecule has 3 aromatic rings. The Morgan fingerprint density at radius 2 is 1.95 bits per heavy atom. The number of amides is 1. The summed E-state index contributed by atoms with van der Waals surface area (Å²) < 4.78 is 0. The zero-order valence-electron chi connectivity index (χ0n) is 11.9. The van der Waals surface area contributed by atoms with Crippen LogP contribution in [0.5, 0.6) is 5.75 Å². The van der Waals surface area contributed by atoms with E-state index in [1.165, 1.54) is 11.3 Å². The number of carbonyl (C=O) groups is 1. The molecule has 2 aromatic carbocycles. The second-order valence-electron chi connectivity index (χ2n) is 4.80. The fraction of sp³-hybridized carbons (Fsp3) is 0.0588. The zero-order chi connectivity index (χ0) is 15.5. The summed E-state index contributed by atoms with van der Waals surface area (Å²) in [5.74, 6) is -0.112. The minimum absolute atomic E-state index is 0.144. The lowest BCUT2D eigenvalue weighted by Gasteiger charge is -2.09. The highest BCUT2D eigenvalue weighted by Gasteiger charge is 2.11. The number of hydrogen-bond donors (Lipinski definition) is 2. The Bertz CT molecular complexity index is 854. The van der Waals surface area contributed by atoms with E-state index in [0.29, 0.717) is 16.2 Å². The summed E-state index contributed by atoms with van der Waals surface area (Å²) in [4.78, 5) is 12.5. The molecule has 0 radical (unpaired) electrons. The number of fused-ring (bicyclic) bond motifs is 1. The van der Waals surface area contributed by atoms with Crippen molar-refractivity contribution >= 4 is 33.7 Å². The van der Waals surface area contributed by atoms with Crippen molar-refractivity contribution in [3.63, 3.8) is 0 Å². The summed E-state index contributed by atoms with van der Waals surface area (Å²) in [6.45, 7) is 1.76. The summed E-state index contributed by atoms with van der Waals surface area (Å²) in [6.07, 6.45) is 0. The van der Waals surface area contributed by atoms with Gasteiger partial charge in [0.25, 0.3) is 5.91 Å². The van der Waals surface area contributed by atoms with Crippen molar-refractivity contribution < 1.29 is 9.90 Å². The van der Waals surface area contributed by atoms with Gasteiger partial charge in [-0.25, -0.2) is 5.43 Å².